The van der Waals surface area contributed by atoms with E-state index in [1.807, 2.05) is 0 Å². The van der Waals surface area contributed by atoms with E-state index in [2.05, 4.69) is 4.18 Å². The molecule has 5 nitrogen and oxygen atoms in total. The lowest BCUT2D eigenvalue weighted by Gasteiger charge is -1.95. The predicted octanol–water partition coefficient (Wildman–Crippen LogP) is -0.816. The molecule has 0 amide bonds. The van der Waals surface area contributed by atoms with Gasteiger partial charge in [0, 0.05) is 6.26 Å². The molecule has 0 radical (unpaired) electrons. The van der Waals surface area contributed by atoms with Crippen molar-refractivity contribution in [3.8, 4) is 0 Å². The molecule has 7 heteroatoms. The molecular formula is C3H8O5S2. The summed E-state index contributed by atoms with van der Waals surface area (Å²) in [6.45, 7) is -0.248. The summed E-state index contributed by atoms with van der Waals surface area (Å²) in [5.74, 6) is -0.237. The van der Waals surface area contributed by atoms with Crippen molar-refractivity contribution in [3.63, 3.8) is 0 Å². The second-order valence-electron chi connectivity index (χ2n) is 1.67. The highest BCUT2D eigenvalue weighted by molar-refractivity contribution is 7.90. The Morgan fingerprint density at radius 2 is 2.10 bits per heavy atom. The summed E-state index contributed by atoms with van der Waals surface area (Å²) in [6.07, 6.45) is 1.02. The van der Waals surface area contributed by atoms with E-state index in [-0.39, 0.29) is 12.4 Å². The highest BCUT2D eigenvalue weighted by Crippen LogP contribution is 1.85. The van der Waals surface area contributed by atoms with Crippen molar-refractivity contribution in [1.82, 2.24) is 0 Å². The smallest absolute Gasteiger partial charge is 0.284 e. The quantitative estimate of drug-likeness (QED) is 0.583. The maximum absolute atomic E-state index is 10.4. The van der Waals surface area contributed by atoms with Crippen LogP contribution in [0.2, 0.25) is 0 Å². The molecule has 0 saturated carbocycles. The van der Waals surface area contributed by atoms with Crippen LogP contribution < -0.4 is 0 Å². The maximum atomic E-state index is 10.4. The van der Waals surface area contributed by atoms with Gasteiger partial charge in [0.25, 0.3) is 0 Å². The predicted molar refractivity (Wildman–Crippen MR) is 36.4 cm³/mol. The molecule has 0 saturated heterocycles. The van der Waals surface area contributed by atoms with Gasteiger partial charge in [0.2, 0.25) is 0 Å². The Kier molecular flexibility index (Phi) is 4.02. The molecule has 0 bridgehead atoms. The molecule has 10 heavy (non-hydrogen) atoms. The molecule has 62 valence electrons. The minimum absolute atomic E-state index is 0.237. The number of sulfone groups is 1. The Bertz CT molecular complexity index is 205. The first kappa shape index (κ1) is 10.0. The van der Waals surface area contributed by atoms with E-state index in [9.17, 15) is 12.6 Å². The van der Waals surface area contributed by atoms with Gasteiger partial charge in [-0.25, -0.2) is 8.42 Å². The minimum Gasteiger partial charge on any atom is -0.284 e. The Balaban J connectivity index is 3.49. The van der Waals surface area contributed by atoms with Gasteiger partial charge in [-0.1, -0.05) is 0 Å². The van der Waals surface area contributed by atoms with Crippen LogP contribution in [-0.4, -0.2) is 35.8 Å². The molecule has 0 aromatic carbocycles. The van der Waals surface area contributed by atoms with Gasteiger partial charge in [0.05, 0.1) is 12.4 Å². The SMILES string of the molecule is CS(=O)(=O)CCOS(=O)O. The van der Waals surface area contributed by atoms with Crippen molar-refractivity contribution in [2.24, 2.45) is 0 Å². The highest BCUT2D eigenvalue weighted by atomic mass is 32.2. The number of hydrogen-bond donors (Lipinski definition) is 1. The maximum Gasteiger partial charge on any atom is 0.301 e. The van der Waals surface area contributed by atoms with E-state index < -0.39 is 21.2 Å². The number of hydrogen-bond acceptors (Lipinski definition) is 4. The average Bonchev–Trinajstić information content (AvgIpc) is 1.59. The van der Waals surface area contributed by atoms with Crippen LogP contribution in [-0.2, 0) is 25.4 Å². The van der Waals surface area contributed by atoms with Crippen LogP contribution in [0.4, 0.5) is 0 Å². The van der Waals surface area contributed by atoms with Gasteiger partial charge in [-0.05, 0) is 0 Å². The first-order valence-electron chi connectivity index (χ1n) is 2.33. The van der Waals surface area contributed by atoms with Crippen molar-refractivity contribution in [2.45, 2.75) is 0 Å². The van der Waals surface area contributed by atoms with E-state index >= 15 is 0 Å². The molecule has 0 fully saturated rings. The first-order valence-corrected chi connectivity index (χ1v) is 5.43. The second-order valence-corrected chi connectivity index (χ2v) is 4.60. The zero-order valence-corrected chi connectivity index (χ0v) is 6.94. The van der Waals surface area contributed by atoms with E-state index in [4.69, 9.17) is 4.55 Å². The van der Waals surface area contributed by atoms with Crippen LogP contribution >= 0.6 is 0 Å². The van der Waals surface area contributed by atoms with E-state index in [0.29, 0.717) is 0 Å². The first-order chi connectivity index (χ1) is 4.42. The van der Waals surface area contributed by atoms with Crippen molar-refractivity contribution < 1.29 is 21.4 Å². The van der Waals surface area contributed by atoms with Gasteiger partial charge in [0.15, 0.2) is 0 Å². The molecule has 0 aliphatic heterocycles. The Morgan fingerprint density at radius 1 is 1.60 bits per heavy atom. The van der Waals surface area contributed by atoms with Crippen LogP contribution in [0, 0.1) is 0 Å². The fourth-order valence-electron chi connectivity index (χ4n) is 0.257. The van der Waals surface area contributed by atoms with Gasteiger partial charge in [-0.2, -0.15) is 4.21 Å². The van der Waals surface area contributed by atoms with Crippen LogP contribution in [0.15, 0.2) is 0 Å². The zero-order chi connectivity index (χ0) is 8.20. The van der Waals surface area contributed by atoms with Crippen LogP contribution in [0.25, 0.3) is 0 Å². The third-order valence-corrected chi connectivity index (χ3v) is 1.91. The molecule has 1 atom stereocenters. The van der Waals surface area contributed by atoms with Crippen LogP contribution in [0.3, 0.4) is 0 Å². The van der Waals surface area contributed by atoms with Crippen molar-refractivity contribution in [2.75, 3.05) is 18.6 Å². The largest absolute Gasteiger partial charge is 0.301 e. The molecule has 0 heterocycles. The molecule has 1 N–H and O–H groups in total. The lowest BCUT2D eigenvalue weighted by atomic mass is 10.9. The molecule has 0 aliphatic rings. The standard InChI is InChI=1S/C3H8O5S2/c1-10(6,7)3-2-8-9(4)5/h2-3H2,1H3,(H,4,5). The summed E-state index contributed by atoms with van der Waals surface area (Å²) in [5.41, 5.74) is 0. The Labute approximate surface area is 61.8 Å². The van der Waals surface area contributed by atoms with Crippen molar-refractivity contribution in [3.05, 3.63) is 0 Å². The van der Waals surface area contributed by atoms with E-state index in [1.165, 1.54) is 0 Å². The summed E-state index contributed by atoms with van der Waals surface area (Å²) < 4.78 is 42.6. The normalized spacial score (nSPS) is 15.0. The average molecular weight is 188 g/mol. The van der Waals surface area contributed by atoms with E-state index in [1.54, 1.807) is 0 Å². The summed E-state index contributed by atoms with van der Waals surface area (Å²) >= 11 is -2.36. The zero-order valence-electron chi connectivity index (χ0n) is 5.31. The fraction of sp³-hybridized carbons (Fsp3) is 1.00. The van der Waals surface area contributed by atoms with Gasteiger partial charge in [0.1, 0.15) is 9.84 Å². The lowest BCUT2D eigenvalue weighted by Crippen LogP contribution is -2.10. The summed E-state index contributed by atoms with van der Waals surface area (Å²) in [7, 11) is -3.09. The molecule has 0 aliphatic carbocycles. The van der Waals surface area contributed by atoms with Crippen molar-refractivity contribution in [1.29, 1.82) is 0 Å². The third-order valence-electron chi connectivity index (χ3n) is 0.638. The number of rotatable bonds is 4. The fourth-order valence-corrected chi connectivity index (χ4v) is 0.974. The van der Waals surface area contributed by atoms with Gasteiger partial charge in [-0.15, -0.1) is 0 Å². The molecular weight excluding hydrogens is 180 g/mol. The van der Waals surface area contributed by atoms with Crippen LogP contribution in [0.5, 0.6) is 0 Å². The van der Waals surface area contributed by atoms with Gasteiger partial charge in [-0.3, -0.25) is 8.74 Å². The molecule has 1 unspecified atom stereocenters. The van der Waals surface area contributed by atoms with E-state index in [0.717, 1.165) is 6.26 Å². The minimum atomic E-state index is -3.09. The molecule has 0 spiro atoms. The van der Waals surface area contributed by atoms with Crippen molar-refractivity contribution >= 4 is 21.2 Å². The van der Waals surface area contributed by atoms with Gasteiger partial charge < -0.3 is 0 Å². The Morgan fingerprint density at radius 3 is 2.40 bits per heavy atom. The molecule has 0 aromatic rings. The lowest BCUT2D eigenvalue weighted by molar-refractivity contribution is 0.326. The molecule has 0 rings (SSSR count). The second kappa shape index (κ2) is 4.02. The summed E-state index contributed by atoms with van der Waals surface area (Å²) in [5, 5.41) is 0. The molecule has 0 aromatic heterocycles. The van der Waals surface area contributed by atoms with Crippen LogP contribution in [0.1, 0.15) is 0 Å². The summed E-state index contributed by atoms with van der Waals surface area (Å²) in [4.78, 5) is 0. The summed E-state index contributed by atoms with van der Waals surface area (Å²) in [6, 6.07) is 0. The topological polar surface area (TPSA) is 80.7 Å². The Hall–Kier alpha value is 0.0200. The third kappa shape index (κ3) is 8.02. The monoisotopic (exact) mass is 188 g/mol. The highest BCUT2D eigenvalue weighted by Gasteiger charge is 2.02. The van der Waals surface area contributed by atoms with Gasteiger partial charge >= 0.3 is 11.4 Å².